The van der Waals surface area contributed by atoms with Gasteiger partial charge in [0.05, 0.1) is 12.2 Å². The van der Waals surface area contributed by atoms with E-state index in [1.165, 1.54) is 12.0 Å². The lowest BCUT2D eigenvalue weighted by Crippen LogP contribution is -2.30. The van der Waals surface area contributed by atoms with E-state index in [0.717, 1.165) is 30.9 Å². The zero-order chi connectivity index (χ0) is 17.2. The van der Waals surface area contributed by atoms with Crippen LogP contribution < -0.4 is 21.3 Å². The van der Waals surface area contributed by atoms with E-state index in [9.17, 15) is 4.79 Å². The molecule has 3 heterocycles. The van der Waals surface area contributed by atoms with Crippen molar-refractivity contribution < 1.29 is 4.79 Å². The largest absolute Gasteiger partial charge is 0.353 e. The van der Waals surface area contributed by atoms with Gasteiger partial charge in [-0.2, -0.15) is 4.98 Å². The highest BCUT2D eigenvalue weighted by atomic mass is 16.2. The maximum atomic E-state index is 12.1. The van der Waals surface area contributed by atoms with Crippen LogP contribution in [0.25, 0.3) is 0 Å². The Kier molecular flexibility index (Phi) is 4.23. The highest BCUT2D eigenvalue weighted by Gasteiger charge is 2.27. The lowest BCUT2D eigenvalue weighted by atomic mass is 10.2. The van der Waals surface area contributed by atoms with Crippen LogP contribution in [-0.4, -0.2) is 35.0 Å². The van der Waals surface area contributed by atoms with Crippen molar-refractivity contribution in [1.29, 1.82) is 0 Å². The molecule has 1 fully saturated rings. The first-order chi connectivity index (χ1) is 12.2. The fraction of sp³-hybridized carbons (Fsp3) is 0.389. The highest BCUT2D eigenvalue weighted by molar-refractivity contribution is 6.02. The van der Waals surface area contributed by atoms with Crippen molar-refractivity contribution in [3.63, 3.8) is 0 Å². The number of anilines is 3. The average molecular weight is 338 g/mol. The van der Waals surface area contributed by atoms with Crippen LogP contribution in [-0.2, 0) is 6.54 Å². The third kappa shape index (κ3) is 3.41. The molecule has 7 nitrogen and oxygen atoms in total. The van der Waals surface area contributed by atoms with Crippen LogP contribution >= 0.6 is 0 Å². The molecule has 1 unspecified atom stereocenters. The second-order valence-electron chi connectivity index (χ2n) is 6.57. The monoisotopic (exact) mass is 338 g/mol. The Balaban J connectivity index is 1.59. The van der Waals surface area contributed by atoms with Gasteiger partial charge in [-0.1, -0.05) is 17.7 Å². The number of rotatable bonds is 5. The molecule has 130 valence electrons. The third-order valence-corrected chi connectivity index (χ3v) is 4.61. The van der Waals surface area contributed by atoms with E-state index in [0.29, 0.717) is 29.9 Å². The third-order valence-electron chi connectivity index (χ3n) is 4.61. The fourth-order valence-electron chi connectivity index (χ4n) is 3.21. The normalized spacial score (nSPS) is 18.8. The minimum Gasteiger partial charge on any atom is -0.353 e. The van der Waals surface area contributed by atoms with Crippen LogP contribution in [0.3, 0.4) is 0 Å². The first-order valence-corrected chi connectivity index (χ1v) is 8.69. The Morgan fingerprint density at radius 2 is 2.08 bits per heavy atom. The number of carbonyl (C=O) groups is 1. The van der Waals surface area contributed by atoms with E-state index in [1.807, 2.05) is 31.2 Å². The predicted octanol–water partition coefficient (Wildman–Crippen LogP) is 1.94. The van der Waals surface area contributed by atoms with E-state index >= 15 is 0 Å². The summed E-state index contributed by atoms with van der Waals surface area (Å²) in [7, 11) is 0. The van der Waals surface area contributed by atoms with Crippen molar-refractivity contribution in [1.82, 2.24) is 20.6 Å². The number of benzene rings is 1. The quantitative estimate of drug-likeness (QED) is 0.666. The number of nitrogens with zero attached hydrogens (tertiary/aromatic N) is 2. The predicted molar refractivity (Wildman–Crippen MR) is 97.2 cm³/mol. The van der Waals surface area contributed by atoms with Gasteiger partial charge in [-0.3, -0.25) is 4.79 Å². The molecule has 25 heavy (non-hydrogen) atoms. The summed E-state index contributed by atoms with van der Waals surface area (Å²) in [4.78, 5) is 21.2. The van der Waals surface area contributed by atoms with Crippen LogP contribution in [0.4, 0.5) is 17.5 Å². The summed E-state index contributed by atoms with van der Waals surface area (Å²) in [5, 5.41) is 12.8. The molecular weight excluding hydrogens is 316 g/mol. The zero-order valence-corrected chi connectivity index (χ0v) is 14.2. The van der Waals surface area contributed by atoms with Crippen molar-refractivity contribution in [3.05, 3.63) is 41.1 Å². The summed E-state index contributed by atoms with van der Waals surface area (Å²) in [5.74, 6) is 0.970. The number of aromatic nitrogens is 2. The molecule has 1 amide bonds. The molecule has 4 rings (SSSR count). The molecule has 1 aromatic heterocycles. The second kappa shape index (κ2) is 6.68. The van der Waals surface area contributed by atoms with Crippen LogP contribution in [0.2, 0.25) is 0 Å². The van der Waals surface area contributed by atoms with Gasteiger partial charge >= 0.3 is 0 Å². The van der Waals surface area contributed by atoms with Crippen LogP contribution in [0.15, 0.2) is 24.3 Å². The van der Waals surface area contributed by atoms with E-state index < -0.39 is 0 Å². The smallest absolute Gasteiger partial charge is 0.257 e. The number of carbonyl (C=O) groups excluding carboxylic acids is 1. The Morgan fingerprint density at radius 1 is 1.24 bits per heavy atom. The first kappa shape index (κ1) is 15.8. The van der Waals surface area contributed by atoms with Gasteiger partial charge in [-0.25, -0.2) is 4.98 Å². The molecule has 0 aliphatic carbocycles. The summed E-state index contributed by atoms with van der Waals surface area (Å²) in [6.45, 7) is 4.33. The lowest BCUT2D eigenvalue weighted by molar-refractivity contribution is 0.0966. The molecule has 0 saturated carbocycles. The van der Waals surface area contributed by atoms with Gasteiger partial charge in [-0.15, -0.1) is 0 Å². The Hall–Kier alpha value is -2.67. The minimum absolute atomic E-state index is 0.131. The van der Waals surface area contributed by atoms with Crippen molar-refractivity contribution in [2.75, 3.05) is 23.7 Å². The van der Waals surface area contributed by atoms with Gasteiger partial charge in [0.2, 0.25) is 5.95 Å². The van der Waals surface area contributed by atoms with Crippen molar-refractivity contribution in [2.45, 2.75) is 32.4 Å². The van der Waals surface area contributed by atoms with E-state index in [4.69, 9.17) is 0 Å². The number of amides is 1. The molecule has 2 aliphatic heterocycles. The topological polar surface area (TPSA) is 91.0 Å². The molecule has 1 aromatic carbocycles. The molecule has 0 bridgehead atoms. The standard InChI is InChI=1S/C18H22N6O/c1-11-4-6-12(7-5-11)22-16-15-14(10-20-17(15)25)23-18(24-16)21-9-13-3-2-8-19-13/h4-7,13,19H,2-3,8-10H2,1H3,(H,20,25)(H2,21,22,23,24). The van der Waals surface area contributed by atoms with Crippen LogP contribution in [0, 0.1) is 6.92 Å². The maximum Gasteiger partial charge on any atom is 0.257 e. The summed E-state index contributed by atoms with van der Waals surface area (Å²) in [5.41, 5.74) is 3.35. The van der Waals surface area contributed by atoms with Crippen molar-refractivity contribution in [2.24, 2.45) is 0 Å². The Morgan fingerprint density at radius 3 is 2.84 bits per heavy atom. The molecule has 2 aromatic rings. The Bertz CT molecular complexity index is 783. The summed E-state index contributed by atoms with van der Waals surface area (Å²) in [6.07, 6.45) is 2.36. The van der Waals surface area contributed by atoms with Gasteiger partial charge in [0.25, 0.3) is 5.91 Å². The molecule has 2 aliphatic rings. The SMILES string of the molecule is Cc1ccc(Nc2nc(NCC3CCCN3)nc3c2C(=O)NC3)cc1. The number of aryl methyl sites for hydroxylation is 1. The summed E-state index contributed by atoms with van der Waals surface area (Å²) in [6, 6.07) is 8.45. The number of hydrogen-bond donors (Lipinski definition) is 4. The zero-order valence-electron chi connectivity index (χ0n) is 14.2. The van der Waals surface area contributed by atoms with Crippen LogP contribution in [0.5, 0.6) is 0 Å². The number of fused-ring (bicyclic) bond motifs is 1. The molecule has 4 N–H and O–H groups in total. The molecule has 0 spiro atoms. The van der Waals surface area contributed by atoms with Gasteiger partial charge in [0, 0.05) is 18.3 Å². The van der Waals surface area contributed by atoms with E-state index in [1.54, 1.807) is 0 Å². The second-order valence-corrected chi connectivity index (χ2v) is 6.57. The van der Waals surface area contributed by atoms with Gasteiger partial charge in [0.1, 0.15) is 11.4 Å². The lowest BCUT2D eigenvalue weighted by Gasteiger charge is -2.14. The fourth-order valence-corrected chi connectivity index (χ4v) is 3.21. The molecule has 7 heteroatoms. The van der Waals surface area contributed by atoms with E-state index in [-0.39, 0.29) is 5.91 Å². The molecule has 1 atom stereocenters. The van der Waals surface area contributed by atoms with Crippen molar-refractivity contribution in [3.8, 4) is 0 Å². The number of nitrogens with one attached hydrogen (secondary N) is 4. The van der Waals surface area contributed by atoms with Crippen LogP contribution in [0.1, 0.15) is 34.5 Å². The first-order valence-electron chi connectivity index (χ1n) is 8.69. The highest BCUT2D eigenvalue weighted by Crippen LogP contribution is 2.26. The number of hydrogen-bond acceptors (Lipinski definition) is 6. The molecular formula is C18H22N6O. The molecule has 0 radical (unpaired) electrons. The average Bonchev–Trinajstić information content (AvgIpc) is 3.25. The molecule has 1 saturated heterocycles. The summed E-state index contributed by atoms with van der Waals surface area (Å²) >= 11 is 0. The van der Waals surface area contributed by atoms with Gasteiger partial charge in [-0.05, 0) is 38.4 Å². The summed E-state index contributed by atoms with van der Waals surface area (Å²) < 4.78 is 0. The van der Waals surface area contributed by atoms with Crippen molar-refractivity contribution >= 4 is 23.4 Å². The maximum absolute atomic E-state index is 12.1. The Labute approximate surface area is 146 Å². The van der Waals surface area contributed by atoms with Gasteiger partial charge < -0.3 is 21.3 Å². The van der Waals surface area contributed by atoms with Gasteiger partial charge in [0.15, 0.2) is 0 Å². The van der Waals surface area contributed by atoms with E-state index in [2.05, 4.69) is 31.2 Å². The minimum atomic E-state index is -0.131.